The van der Waals surface area contributed by atoms with Gasteiger partial charge in [-0.15, -0.1) is 0 Å². The van der Waals surface area contributed by atoms with Crippen LogP contribution < -0.4 is 0 Å². The van der Waals surface area contributed by atoms with Crippen molar-refractivity contribution in [1.82, 2.24) is 20.1 Å². The molecule has 2 aromatic heterocycles. The van der Waals surface area contributed by atoms with Crippen LogP contribution in [0, 0.1) is 6.92 Å². The fourth-order valence-electron chi connectivity index (χ4n) is 3.64. The largest absolute Gasteiger partial charge is 0.338 e. The van der Waals surface area contributed by atoms with Crippen molar-refractivity contribution in [2.45, 2.75) is 25.7 Å². The summed E-state index contributed by atoms with van der Waals surface area (Å²) in [5, 5.41) is 7.47. The van der Waals surface area contributed by atoms with E-state index in [1.54, 1.807) is 18.5 Å². The van der Waals surface area contributed by atoms with E-state index in [1.807, 2.05) is 17.2 Å². The van der Waals surface area contributed by atoms with Gasteiger partial charge in [-0.05, 0) is 37.5 Å². The van der Waals surface area contributed by atoms with Crippen molar-refractivity contribution in [1.29, 1.82) is 0 Å². The number of aromatic nitrogens is 3. The number of carbonyl (C=O) groups is 1. The lowest BCUT2D eigenvalue weighted by Crippen LogP contribution is -2.39. The molecule has 1 atom stereocenters. The molecule has 1 saturated heterocycles. The molecule has 3 heterocycles. The fourth-order valence-corrected chi connectivity index (χ4v) is 3.64. The minimum absolute atomic E-state index is 0.0548. The summed E-state index contributed by atoms with van der Waals surface area (Å²) in [5.41, 5.74) is 5.31. The van der Waals surface area contributed by atoms with Gasteiger partial charge in [0.15, 0.2) is 0 Å². The second kappa shape index (κ2) is 7.12. The molecule has 1 aromatic carbocycles. The van der Waals surface area contributed by atoms with E-state index < -0.39 is 0 Å². The Morgan fingerprint density at radius 1 is 1.19 bits per heavy atom. The lowest BCUT2D eigenvalue weighted by Gasteiger charge is -2.32. The minimum Gasteiger partial charge on any atom is -0.338 e. The lowest BCUT2D eigenvalue weighted by molar-refractivity contribution is 0.0705. The minimum atomic E-state index is 0.0548. The Hall–Kier alpha value is -2.95. The maximum absolute atomic E-state index is 12.8. The Morgan fingerprint density at radius 3 is 2.81 bits per heavy atom. The molecule has 132 valence electrons. The van der Waals surface area contributed by atoms with E-state index in [4.69, 9.17) is 0 Å². The molecule has 0 saturated carbocycles. The molecule has 0 spiro atoms. The van der Waals surface area contributed by atoms with Gasteiger partial charge in [-0.25, -0.2) is 0 Å². The number of rotatable bonds is 3. The van der Waals surface area contributed by atoms with Crippen LogP contribution in [0.15, 0.2) is 55.0 Å². The first-order valence-electron chi connectivity index (χ1n) is 9.02. The van der Waals surface area contributed by atoms with Crippen LogP contribution in [0.3, 0.4) is 0 Å². The summed E-state index contributed by atoms with van der Waals surface area (Å²) in [5.74, 6) is 0.322. The molecular weight excluding hydrogens is 324 g/mol. The molecule has 26 heavy (non-hydrogen) atoms. The molecule has 0 bridgehead atoms. The first-order chi connectivity index (χ1) is 12.7. The quantitative estimate of drug-likeness (QED) is 0.785. The number of H-pyrrole nitrogens is 1. The summed E-state index contributed by atoms with van der Waals surface area (Å²) in [7, 11) is 0. The third-order valence-electron chi connectivity index (χ3n) is 5.06. The van der Waals surface area contributed by atoms with Crippen LogP contribution in [-0.4, -0.2) is 39.1 Å². The zero-order valence-corrected chi connectivity index (χ0v) is 14.9. The predicted molar refractivity (Wildman–Crippen MR) is 101 cm³/mol. The summed E-state index contributed by atoms with van der Waals surface area (Å²) < 4.78 is 0. The highest BCUT2D eigenvalue weighted by Crippen LogP contribution is 2.33. The number of aromatic amines is 1. The van der Waals surface area contributed by atoms with Crippen LogP contribution >= 0.6 is 0 Å². The third kappa shape index (κ3) is 3.25. The fraction of sp³-hybridized carbons (Fsp3) is 0.286. The number of hydrogen-bond acceptors (Lipinski definition) is 3. The van der Waals surface area contributed by atoms with Gasteiger partial charge < -0.3 is 4.90 Å². The van der Waals surface area contributed by atoms with Crippen LogP contribution in [0.2, 0.25) is 0 Å². The molecule has 1 aliphatic rings. The monoisotopic (exact) mass is 346 g/mol. The highest BCUT2D eigenvalue weighted by Gasteiger charge is 2.28. The van der Waals surface area contributed by atoms with Crippen LogP contribution in [0.4, 0.5) is 0 Å². The maximum Gasteiger partial charge on any atom is 0.255 e. The standard InChI is InChI=1S/C21H22N4O/c1-15-6-8-16(9-7-15)19-13-23-24-20(19)18-5-3-11-25(14-18)21(26)17-4-2-10-22-12-17/h2,4,6-10,12-13,18H,3,5,11,14H2,1H3,(H,23,24)/t18-/m0/s1. The highest BCUT2D eigenvalue weighted by atomic mass is 16.2. The molecule has 0 aliphatic carbocycles. The van der Waals surface area contributed by atoms with E-state index in [-0.39, 0.29) is 11.8 Å². The normalized spacial score (nSPS) is 17.3. The van der Waals surface area contributed by atoms with Gasteiger partial charge >= 0.3 is 0 Å². The van der Waals surface area contributed by atoms with Crippen molar-refractivity contribution >= 4 is 5.91 Å². The van der Waals surface area contributed by atoms with Crippen LogP contribution in [0.5, 0.6) is 0 Å². The Balaban J connectivity index is 1.57. The number of amides is 1. The average molecular weight is 346 g/mol. The zero-order chi connectivity index (χ0) is 17.9. The molecule has 1 amide bonds. The second-order valence-corrected chi connectivity index (χ2v) is 6.90. The smallest absolute Gasteiger partial charge is 0.255 e. The molecule has 3 aromatic rings. The van der Waals surface area contributed by atoms with Gasteiger partial charge in [0.2, 0.25) is 0 Å². The molecule has 5 nitrogen and oxygen atoms in total. The number of benzene rings is 1. The van der Waals surface area contributed by atoms with Crippen molar-refractivity contribution in [2.75, 3.05) is 13.1 Å². The SMILES string of the molecule is Cc1ccc(-c2cn[nH]c2[C@H]2CCCN(C(=O)c3cccnc3)C2)cc1. The van der Waals surface area contributed by atoms with Crippen LogP contribution in [-0.2, 0) is 0 Å². The summed E-state index contributed by atoms with van der Waals surface area (Å²) in [6.45, 7) is 3.58. The average Bonchev–Trinajstić information content (AvgIpc) is 3.19. The summed E-state index contributed by atoms with van der Waals surface area (Å²) in [6, 6.07) is 12.1. The first kappa shape index (κ1) is 16.5. The zero-order valence-electron chi connectivity index (χ0n) is 14.9. The van der Waals surface area contributed by atoms with Crippen molar-refractivity contribution < 1.29 is 4.79 Å². The Kier molecular flexibility index (Phi) is 4.52. The van der Waals surface area contributed by atoms with Crippen LogP contribution in [0.25, 0.3) is 11.1 Å². The summed E-state index contributed by atoms with van der Waals surface area (Å²) in [6.07, 6.45) is 7.26. The van der Waals surface area contributed by atoms with E-state index in [2.05, 4.69) is 46.4 Å². The number of aryl methyl sites for hydroxylation is 1. The predicted octanol–water partition coefficient (Wildman–Crippen LogP) is 3.80. The lowest BCUT2D eigenvalue weighted by atomic mass is 9.90. The summed E-state index contributed by atoms with van der Waals surface area (Å²) >= 11 is 0. The molecule has 1 aliphatic heterocycles. The number of pyridine rings is 1. The number of carbonyl (C=O) groups excluding carboxylic acids is 1. The number of likely N-dealkylation sites (tertiary alicyclic amines) is 1. The molecular formula is C21H22N4O. The third-order valence-corrected chi connectivity index (χ3v) is 5.06. The van der Waals surface area contributed by atoms with Crippen molar-refractivity contribution in [2.24, 2.45) is 0 Å². The maximum atomic E-state index is 12.8. The number of nitrogens with one attached hydrogen (secondary N) is 1. The van der Waals surface area contributed by atoms with Crippen molar-refractivity contribution in [3.63, 3.8) is 0 Å². The van der Waals surface area contributed by atoms with Gasteiger partial charge in [0.25, 0.3) is 5.91 Å². The molecule has 5 heteroatoms. The van der Waals surface area contributed by atoms with E-state index in [9.17, 15) is 4.79 Å². The number of piperidine rings is 1. The van der Waals surface area contributed by atoms with Crippen molar-refractivity contribution in [3.8, 4) is 11.1 Å². The summed E-state index contributed by atoms with van der Waals surface area (Å²) in [4.78, 5) is 18.8. The number of hydrogen-bond donors (Lipinski definition) is 1. The molecule has 1 fully saturated rings. The molecule has 0 radical (unpaired) electrons. The van der Waals surface area contributed by atoms with Gasteiger partial charge in [0.05, 0.1) is 11.8 Å². The highest BCUT2D eigenvalue weighted by molar-refractivity contribution is 5.94. The second-order valence-electron chi connectivity index (χ2n) is 6.90. The topological polar surface area (TPSA) is 61.9 Å². The molecule has 4 rings (SSSR count). The van der Waals surface area contributed by atoms with Crippen LogP contribution in [0.1, 0.15) is 40.4 Å². The van der Waals surface area contributed by atoms with E-state index >= 15 is 0 Å². The Bertz CT molecular complexity index is 886. The molecule has 1 N–H and O–H groups in total. The van der Waals surface area contributed by atoms with Gasteiger partial charge in [0, 0.05) is 42.7 Å². The van der Waals surface area contributed by atoms with Gasteiger partial charge in [-0.1, -0.05) is 29.8 Å². The van der Waals surface area contributed by atoms with E-state index in [1.165, 1.54) is 5.56 Å². The Labute approximate surface area is 153 Å². The van der Waals surface area contributed by atoms with Gasteiger partial charge in [-0.2, -0.15) is 5.10 Å². The van der Waals surface area contributed by atoms with E-state index in [0.717, 1.165) is 36.2 Å². The van der Waals surface area contributed by atoms with E-state index in [0.29, 0.717) is 12.1 Å². The van der Waals surface area contributed by atoms with Crippen molar-refractivity contribution in [3.05, 3.63) is 71.8 Å². The Morgan fingerprint density at radius 2 is 2.04 bits per heavy atom. The van der Waals surface area contributed by atoms with Gasteiger partial charge in [0.1, 0.15) is 0 Å². The number of nitrogens with zero attached hydrogens (tertiary/aromatic N) is 3. The first-order valence-corrected chi connectivity index (χ1v) is 9.02. The van der Waals surface area contributed by atoms with Gasteiger partial charge in [-0.3, -0.25) is 14.9 Å². The molecule has 0 unspecified atom stereocenters.